The molecule has 0 saturated carbocycles. The number of halogens is 3. The van der Waals surface area contributed by atoms with Crippen LogP contribution in [0.4, 0.5) is 4.39 Å². The normalized spacial score (nSPS) is 11.1. The molecule has 0 N–H and O–H groups in total. The van der Waals surface area contributed by atoms with E-state index < -0.39 is 5.82 Å². The lowest BCUT2D eigenvalue weighted by Gasteiger charge is -2.14. The summed E-state index contributed by atoms with van der Waals surface area (Å²) < 4.78 is 25.3. The Balaban J connectivity index is 1.90. The summed E-state index contributed by atoms with van der Waals surface area (Å²) in [6, 6.07) is 18.7. The largest absolute Gasteiger partial charge is 0.493 e. The Hall–Kier alpha value is -3.00. The van der Waals surface area contributed by atoms with Gasteiger partial charge < -0.3 is 9.47 Å². The zero-order valence-corrected chi connectivity index (χ0v) is 17.0. The summed E-state index contributed by atoms with van der Waals surface area (Å²) in [5.41, 5.74) is 1.90. The molecule has 3 aromatic rings. The van der Waals surface area contributed by atoms with Crippen molar-refractivity contribution < 1.29 is 13.9 Å². The molecule has 0 aliphatic heterocycles. The topological polar surface area (TPSA) is 42.2 Å². The molecule has 146 valence electrons. The average molecular weight is 428 g/mol. The molecule has 0 fully saturated rings. The molecule has 3 nitrogen and oxygen atoms in total. The number of ether oxygens (including phenoxy) is 2. The van der Waals surface area contributed by atoms with Crippen LogP contribution in [0.3, 0.4) is 0 Å². The SMILES string of the molecule is COc1cc(/C=C(/C#N)c2ccccc2F)cc(Cl)c1OCc1ccc(Cl)cc1. The maximum atomic E-state index is 14.0. The molecular formula is C23H16Cl2FNO2. The molecule has 0 spiro atoms. The average Bonchev–Trinajstić information content (AvgIpc) is 2.72. The van der Waals surface area contributed by atoms with Crippen LogP contribution < -0.4 is 9.47 Å². The van der Waals surface area contributed by atoms with E-state index in [2.05, 4.69) is 0 Å². The summed E-state index contributed by atoms with van der Waals surface area (Å²) >= 11 is 12.3. The van der Waals surface area contributed by atoms with E-state index in [1.54, 1.807) is 48.5 Å². The highest BCUT2D eigenvalue weighted by Gasteiger charge is 2.13. The van der Waals surface area contributed by atoms with E-state index in [0.717, 1.165) is 5.56 Å². The minimum Gasteiger partial charge on any atom is -0.493 e. The summed E-state index contributed by atoms with van der Waals surface area (Å²) in [6.07, 6.45) is 1.55. The van der Waals surface area contributed by atoms with Gasteiger partial charge in [-0.3, -0.25) is 0 Å². The number of nitrogens with zero attached hydrogens (tertiary/aromatic N) is 1. The van der Waals surface area contributed by atoms with Gasteiger partial charge in [-0.1, -0.05) is 53.5 Å². The van der Waals surface area contributed by atoms with Gasteiger partial charge in [-0.05, 0) is 47.5 Å². The number of methoxy groups -OCH3 is 1. The first kappa shape index (κ1) is 20.7. The van der Waals surface area contributed by atoms with Crippen molar-refractivity contribution in [1.29, 1.82) is 5.26 Å². The molecule has 0 atom stereocenters. The van der Waals surface area contributed by atoms with Gasteiger partial charge in [0, 0.05) is 10.6 Å². The van der Waals surface area contributed by atoms with E-state index >= 15 is 0 Å². The van der Waals surface area contributed by atoms with Crippen LogP contribution in [0.25, 0.3) is 11.6 Å². The van der Waals surface area contributed by atoms with Crippen LogP contribution in [0.5, 0.6) is 11.5 Å². The van der Waals surface area contributed by atoms with Gasteiger partial charge in [0.25, 0.3) is 0 Å². The first-order valence-corrected chi connectivity index (χ1v) is 9.39. The number of nitriles is 1. The summed E-state index contributed by atoms with van der Waals surface area (Å²) in [5.74, 6) is 0.315. The minimum atomic E-state index is -0.471. The first-order chi connectivity index (χ1) is 14.0. The van der Waals surface area contributed by atoms with Crippen LogP contribution >= 0.6 is 23.2 Å². The highest BCUT2D eigenvalue weighted by Crippen LogP contribution is 2.38. The fourth-order valence-corrected chi connectivity index (χ4v) is 3.12. The third-order valence-corrected chi connectivity index (χ3v) is 4.68. The van der Waals surface area contributed by atoms with Crippen molar-refractivity contribution in [2.24, 2.45) is 0 Å². The molecule has 3 rings (SSSR count). The highest BCUT2D eigenvalue weighted by atomic mass is 35.5. The highest BCUT2D eigenvalue weighted by molar-refractivity contribution is 6.32. The lowest BCUT2D eigenvalue weighted by Crippen LogP contribution is -1.99. The van der Waals surface area contributed by atoms with Gasteiger partial charge in [-0.2, -0.15) is 5.26 Å². The lowest BCUT2D eigenvalue weighted by atomic mass is 10.0. The summed E-state index contributed by atoms with van der Waals surface area (Å²) in [6.45, 7) is 0.279. The van der Waals surface area contributed by atoms with Crippen LogP contribution in [-0.2, 0) is 6.61 Å². The van der Waals surface area contributed by atoms with Crippen molar-refractivity contribution >= 4 is 34.9 Å². The first-order valence-electron chi connectivity index (χ1n) is 8.63. The van der Waals surface area contributed by atoms with Gasteiger partial charge in [-0.15, -0.1) is 0 Å². The fraction of sp³-hybridized carbons (Fsp3) is 0.0870. The summed E-state index contributed by atoms with van der Waals surface area (Å²) in [5, 5.41) is 10.4. The van der Waals surface area contributed by atoms with Crippen LogP contribution in [0.1, 0.15) is 16.7 Å². The molecule has 6 heteroatoms. The molecule has 0 heterocycles. The molecule has 3 aromatic carbocycles. The van der Waals surface area contributed by atoms with Gasteiger partial charge in [-0.25, -0.2) is 4.39 Å². The number of rotatable bonds is 6. The second-order valence-corrected chi connectivity index (χ2v) is 6.94. The molecule has 0 bridgehead atoms. The number of benzene rings is 3. The second kappa shape index (κ2) is 9.47. The Morgan fingerprint density at radius 1 is 1.10 bits per heavy atom. The molecule has 0 radical (unpaired) electrons. The Bertz CT molecular complexity index is 1090. The quantitative estimate of drug-likeness (QED) is 0.321. The summed E-state index contributed by atoms with van der Waals surface area (Å²) in [4.78, 5) is 0. The van der Waals surface area contributed by atoms with Crippen molar-refractivity contribution in [3.63, 3.8) is 0 Å². The third-order valence-electron chi connectivity index (χ3n) is 4.14. The van der Waals surface area contributed by atoms with Crippen LogP contribution in [-0.4, -0.2) is 7.11 Å². The molecular weight excluding hydrogens is 412 g/mol. The number of hydrogen-bond acceptors (Lipinski definition) is 3. The third kappa shape index (κ3) is 5.08. The van der Waals surface area contributed by atoms with Crippen LogP contribution in [0, 0.1) is 17.1 Å². The van der Waals surface area contributed by atoms with Crippen molar-refractivity contribution in [3.05, 3.63) is 93.2 Å². The monoisotopic (exact) mass is 427 g/mol. The predicted molar refractivity (Wildman–Crippen MR) is 114 cm³/mol. The van der Waals surface area contributed by atoms with Crippen LogP contribution in [0.15, 0.2) is 60.7 Å². The fourth-order valence-electron chi connectivity index (χ4n) is 2.72. The Labute approximate surface area is 178 Å². The minimum absolute atomic E-state index is 0.177. The molecule has 29 heavy (non-hydrogen) atoms. The maximum Gasteiger partial charge on any atom is 0.180 e. The Morgan fingerprint density at radius 3 is 2.48 bits per heavy atom. The molecule has 0 amide bonds. The molecule has 0 unspecified atom stereocenters. The maximum absolute atomic E-state index is 14.0. The van der Waals surface area contributed by atoms with E-state index in [9.17, 15) is 9.65 Å². The molecule has 0 aliphatic carbocycles. The van der Waals surface area contributed by atoms with Gasteiger partial charge in [0.2, 0.25) is 0 Å². The van der Waals surface area contributed by atoms with E-state index in [-0.39, 0.29) is 17.7 Å². The van der Waals surface area contributed by atoms with Crippen molar-refractivity contribution in [1.82, 2.24) is 0 Å². The van der Waals surface area contributed by atoms with Gasteiger partial charge >= 0.3 is 0 Å². The van der Waals surface area contributed by atoms with Crippen LogP contribution in [0.2, 0.25) is 10.0 Å². The number of allylic oxidation sites excluding steroid dienone is 1. The van der Waals surface area contributed by atoms with Gasteiger partial charge in [0.05, 0.1) is 23.8 Å². The van der Waals surface area contributed by atoms with E-state index in [4.69, 9.17) is 32.7 Å². The van der Waals surface area contributed by atoms with E-state index in [1.807, 2.05) is 18.2 Å². The molecule has 0 aliphatic rings. The number of hydrogen-bond donors (Lipinski definition) is 0. The van der Waals surface area contributed by atoms with Gasteiger partial charge in [0.1, 0.15) is 12.4 Å². The second-order valence-electron chi connectivity index (χ2n) is 6.10. The van der Waals surface area contributed by atoms with Gasteiger partial charge in [0.15, 0.2) is 11.5 Å². The van der Waals surface area contributed by atoms with Crippen molar-refractivity contribution in [2.45, 2.75) is 6.61 Å². The Kier molecular flexibility index (Phi) is 6.77. The standard InChI is InChI=1S/C23H16Cl2FNO2/c1-28-22-12-16(10-17(13-27)19-4-2-3-5-21(19)26)11-20(25)23(22)29-14-15-6-8-18(24)9-7-15/h2-12H,14H2,1H3/b17-10-. The van der Waals surface area contributed by atoms with E-state index in [0.29, 0.717) is 27.1 Å². The summed E-state index contributed by atoms with van der Waals surface area (Å²) in [7, 11) is 1.50. The van der Waals surface area contributed by atoms with Crippen molar-refractivity contribution in [3.8, 4) is 17.6 Å². The smallest absolute Gasteiger partial charge is 0.180 e. The lowest BCUT2D eigenvalue weighted by molar-refractivity contribution is 0.284. The van der Waals surface area contributed by atoms with Crippen molar-refractivity contribution in [2.75, 3.05) is 7.11 Å². The zero-order chi connectivity index (χ0) is 20.8. The zero-order valence-electron chi connectivity index (χ0n) is 15.5. The Morgan fingerprint density at radius 2 is 1.83 bits per heavy atom. The molecule has 0 aromatic heterocycles. The van der Waals surface area contributed by atoms with E-state index in [1.165, 1.54) is 13.2 Å². The predicted octanol–water partition coefficient (Wildman–Crippen LogP) is 6.78. The molecule has 0 saturated heterocycles.